The zero-order valence-electron chi connectivity index (χ0n) is 11.6. The highest BCUT2D eigenvalue weighted by Crippen LogP contribution is 2.46. The van der Waals surface area contributed by atoms with Gasteiger partial charge in [-0.2, -0.15) is 0 Å². The van der Waals surface area contributed by atoms with Gasteiger partial charge in [0.2, 0.25) is 11.5 Å². The number of aliphatic hydroxyl groups excluding tert-OH is 1. The highest BCUT2D eigenvalue weighted by molar-refractivity contribution is 5.76. The molecule has 0 amide bonds. The minimum absolute atomic E-state index is 0.0163. The number of benzene rings is 1. The molecule has 0 bridgehead atoms. The number of aromatic nitrogens is 1. The highest BCUT2D eigenvalue weighted by atomic mass is 19.3. The largest absolute Gasteiger partial charge is 0.391 e. The van der Waals surface area contributed by atoms with Crippen LogP contribution in [0.2, 0.25) is 0 Å². The Balaban J connectivity index is 2.68. The van der Waals surface area contributed by atoms with Crippen LogP contribution < -0.4 is 14.8 Å². The summed E-state index contributed by atoms with van der Waals surface area (Å²) in [6, 6.07) is 2.14. The fourth-order valence-electron chi connectivity index (χ4n) is 2.08. The van der Waals surface area contributed by atoms with Gasteiger partial charge in [0.15, 0.2) is 0 Å². The lowest BCUT2D eigenvalue weighted by Gasteiger charge is -2.09. The first-order valence-electron chi connectivity index (χ1n) is 6.21. The molecule has 120 valence electrons. The van der Waals surface area contributed by atoms with E-state index in [1.807, 2.05) is 0 Å². The van der Waals surface area contributed by atoms with E-state index in [2.05, 4.69) is 20.0 Å². The Morgan fingerprint density at radius 3 is 2.32 bits per heavy atom. The summed E-state index contributed by atoms with van der Waals surface area (Å²) in [7, 11) is 0. The van der Waals surface area contributed by atoms with Crippen molar-refractivity contribution in [1.29, 1.82) is 0 Å². The standard InChI is InChI=1S/C13H12F3NO5/c1-6(2)11-8(5-18)10(17-22-11)7-3-4-9(19-14)13(21-16)12(7)20-15/h3-4,6,18H,5H2,1-2H3. The number of nitrogens with zero attached hydrogens (tertiary/aromatic N) is 1. The summed E-state index contributed by atoms with van der Waals surface area (Å²) in [6.45, 7) is 3.14. The molecule has 1 aromatic heterocycles. The molecule has 0 spiro atoms. The van der Waals surface area contributed by atoms with Gasteiger partial charge in [-0.3, -0.25) is 14.8 Å². The predicted octanol–water partition coefficient (Wildman–Crippen LogP) is 3.75. The van der Waals surface area contributed by atoms with Gasteiger partial charge in [-0.25, -0.2) is 0 Å². The van der Waals surface area contributed by atoms with E-state index in [1.54, 1.807) is 13.8 Å². The second-order valence-corrected chi connectivity index (χ2v) is 4.69. The second-order valence-electron chi connectivity index (χ2n) is 4.69. The summed E-state index contributed by atoms with van der Waals surface area (Å²) in [5.74, 6) is -2.20. The normalized spacial score (nSPS) is 10.9. The van der Waals surface area contributed by atoms with Crippen molar-refractivity contribution in [2.75, 3.05) is 0 Å². The van der Waals surface area contributed by atoms with E-state index in [1.165, 1.54) is 0 Å². The Hall–Kier alpha value is -2.42. The monoisotopic (exact) mass is 319 g/mol. The molecule has 0 fully saturated rings. The molecular weight excluding hydrogens is 307 g/mol. The van der Waals surface area contributed by atoms with E-state index in [0.29, 0.717) is 5.76 Å². The first-order chi connectivity index (χ1) is 10.6. The maximum atomic E-state index is 12.8. The molecule has 0 aliphatic heterocycles. The summed E-state index contributed by atoms with van der Waals surface area (Å²) < 4.78 is 42.7. The van der Waals surface area contributed by atoms with Crippen molar-refractivity contribution in [3.63, 3.8) is 0 Å². The summed E-state index contributed by atoms with van der Waals surface area (Å²) in [4.78, 5) is 10.3. The van der Waals surface area contributed by atoms with Gasteiger partial charge in [-0.15, -0.1) is 0 Å². The van der Waals surface area contributed by atoms with Gasteiger partial charge in [0.05, 0.1) is 12.2 Å². The Morgan fingerprint density at radius 1 is 1.14 bits per heavy atom. The summed E-state index contributed by atoms with van der Waals surface area (Å²) in [5.41, 5.74) is 0.185. The smallest absolute Gasteiger partial charge is 0.265 e. The van der Waals surface area contributed by atoms with E-state index in [4.69, 9.17) is 4.52 Å². The second kappa shape index (κ2) is 6.56. The van der Waals surface area contributed by atoms with Crippen LogP contribution in [0.5, 0.6) is 17.2 Å². The molecule has 2 aromatic rings. The lowest BCUT2D eigenvalue weighted by molar-refractivity contribution is -0.0553. The molecule has 0 saturated carbocycles. The van der Waals surface area contributed by atoms with Crippen molar-refractivity contribution in [3.05, 3.63) is 23.5 Å². The van der Waals surface area contributed by atoms with Crippen molar-refractivity contribution >= 4 is 0 Å². The van der Waals surface area contributed by atoms with Crippen LogP contribution in [-0.2, 0) is 6.61 Å². The van der Waals surface area contributed by atoms with Crippen LogP contribution in [0.4, 0.5) is 13.6 Å². The molecule has 0 saturated heterocycles. The molecule has 9 heteroatoms. The van der Waals surface area contributed by atoms with Crippen LogP contribution in [0.3, 0.4) is 0 Å². The first kappa shape index (κ1) is 16.0. The molecule has 0 radical (unpaired) electrons. The summed E-state index contributed by atoms with van der Waals surface area (Å²) in [6.07, 6.45) is 0. The number of hydrogen-bond donors (Lipinski definition) is 1. The Kier molecular flexibility index (Phi) is 4.76. The molecule has 22 heavy (non-hydrogen) atoms. The third kappa shape index (κ3) is 2.54. The minimum Gasteiger partial charge on any atom is -0.391 e. The molecule has 0 aliphatic rings. The van der Waals surface area contributed by atoms with Gasteiger partial charge in [0.1, 0.15) is 11.5 Å². The number of aliphatic hydroxyl groups is 1. The van der Waals surface area contributed by atoms with Gasteiger partial charge < -0.3 is 9.63 Å². The van der Waals surface area contributed by atoms with Crippen LogP contribution in [0.25, 0.3) is 11.3 Å². The summed E-state index contributed by atoms with van der Waals surface area (Å²) >= 11 is 0. The molecule has 1 N–H and O–H groups in total. The maximum Gasteiger partial charge on any atom is 0.265 e. The average molecular weight is 319 g/mol. The fraction of sp³-hybridized carbons (Fsp3) is 0.308. The zero-order chi connectivity index (χ0) is 16.3. The zero-order valence-corrected chi connectivity index (χ0v) is 11.6. The third-order valence-corrected chi connectivity index (χ3v) is 3.07. The lowest BCUT2D eigenvalue weighted by Crippen LogP contribution is -1.96. The quantitative estimate of drug-likeness (QED) is 0.874. The van der Waals surface area contributed by atoms with Crippen LogP contribution >= 0.6 is 0 Å². The number of halogens is 3. The Morgan fingerprint density at radius 2 is 1.82 bits per heavy atom. The molecule has 6 nitrogen and oxygen atoms in total. The summed E-state index contributed by atoms with van der Waals surface area (Å²) in [5, 5.41) is 13.2. The van der Waals surface area contributed by atoms with Crippen LogP contribution in [0, 0.1) is 0 Å². The van der Waals surface area contributed by atoms with Gasteiger partial charge in [0, 0.05) is 25.1 Å². The van der Waals surface area contributed by atoms with Crippen molar-refractivity contribution in [2.45, 2.75) is 26.4 Å². The van der Waals surface area contributed by atoms with Gasteiger partial charge in [-0.05, 0) is 12.1 Å². The third-order valence-electron chi connectivity index (χ3n) is 3.07. The minimum atomic E-state index is -0.944. The SMILES string of the molecule is CC(C)c1onc(-c2ccc(OF)c(OF)c2OF)c1CO. The van der Waals surface area contributed by atoms with Crippen molar-refractivity contribution in [3.8, 4) is 28.5 Å². The maximum absolute atomic E-state index is 12.8. The van der Waals surface area contributed by atoms with E-state index >= 15 is 0 Å². The topological polar surface area (TPSA) is 74.0 Å². The van der Waals surface area contributed by atoms with Crippen molar-refractivity contribution in [1.82, 2.24) is 5.16 Å². The molecule has 0 aliphatic carbocycles. The molecular formula is C13H12F3NO5. The van der Waals surface area contributed by atoms with Crippen LogP contribution in [0.1, 0.15) is 31.1 Å². The average Bonchev–Trinajstić information content (AvgIpc) is 2.96. The molecule has 2 rings (SSSR count). The first-order valence-corrected chi connectivity index (χ1v) is 6.21. The van der Waals surface area contributed by atoms with E-state index in [-0.39, 0.29) is 22.7 Å². The fourth-order valence-corrected chi connectivity index (χ4v) is 2.08. The Labute approximate surface area is 122 Å². The van der Waals surface area contributed by atoms with E-state index in [9.17, 15) is 18.7 Å². The van der Waals surface area contributed by atoms with E-state index < -0.39 is 23.9 Å². The molecule has 0 unspecified atom stereocenters. The lowest BCUT2D eigenvalue weighted by atomic mass is 10.0. The predicted molar refractivity (Wildman–Crippen MR) is 67.2 cm³/mol. The molecule has 1 heterocycles. The van der Waals surface area contributed by atoms with Gasteiger partial charge in [-0.1, -0.05) is 19.0 Å². The van der Waals surface area contributed by atoms with Crippen LogP contribution in [0.15, 0.2) is 16.7 Å². The molecule has 1 aromatic carbocycles. The van der Waals surface area contributed by atoms with Crippen molar-refractivity contribution < 1.29 is 38.0 Å². The van der Waals surface area contributed by atoms with Crippen LogP contribution in [-0.4, -0.2) is 10.3 Å². The van der Waals surface area contributed by atoms with Gasteiger partial charge in [0.25, 0.3) is 5.75 Å². The molecule has 0 atom stereocenters. The number of hydrogen-bond acceptors (Lipinski definition) is 6. The Bertz CT molecular complexity index is 659. The van der Waals surface area contributed by atoms with Gasteiger partial charge >= 0.3 is 0 Å². The van der Waals surface area contributed by atoms with E-state index in [0.717, 1.165) is 12.1 Å². The van der Waals surface area contributed by atoms with Crippen molar-refractivity contribution in [2.24, 2.45) is 0 Å². The number of rotatable bonds is 6. The highest BCUT2D eigenvalue weighted by Gasteiger charge is 2.27.